The van der Waals surface area contributed by atoms with Crippen LogP contribution in [0.15, 0.2) is 29.2 Å². The van der Waals surface area contributed by atoms with Gasteiger partial charge < -0.3 is 10.0 Å². The van der Waals surface area contributed by atoms with Crippen molar-refractivity contribution in [2.75, 3.05) is 39.8 Å². The van der Waals surface area contributed by atoms with Crippen LogP contribution in [0.25, 0.3) is 0 Å². The Labute approximate surface area is 149 Å². The fraction of sp³-hybridized carbons (Fsp3) is 0.588. The van der Waals surface area contributed by atoms with Gasteiger partial charge in [0.25, 0.3) is 0 Å². The summed E-state index contributed by atoms with van der Waals surface area (Å²) in [4.78, 5) is 15.6. The van der Waals surface area contributed by atoms with Gasteiger partial charge in [-0.05, 0) is 37.2 Å². The maximum atomic E-state index is 12.5. The van der Waals surface area contributed by atoms with Crippen molar-refractivity contribution >= 4 is 16.0 Å². The molecule has 8 heteroatoms. The number of carbonyl (C=O) groups is 1. The van der Waals surface area contributed by atoms with Gasteiger partial charge in [0, 0.05) is 38.8 Å². The smallest absolute Gasteiger partial charge is 0.335 e. The number of rotatable bonds is 7. The number of carboxylic acids is 1. The lowest BCUT2D eigenvalue weighted by molar-refractivity contribution is 0.0696. The van der Waals surface area contributed by atoms with Crippen molar-refractivity contribution in [3.8, 4) is 0 Å². The second kappa shape index (κ2) is 8.27. The number of nitrogens with zero attached hydrogens (tertiary/aromatic N) is 2. The summed E-state index contributed by atoms with van der Waals surface area (Å²) in [6, 6.07) is 5.38. The largest absolute Gasteiger partial charge is 0.478 e. The summed E-state index contributed by atoms with van der Waals surface area (Å²) >= 11 is 0. The maximum Gasteiger partial charge on any atom is 0.335 e. The van der Waals surface area contributed by atoms with Gasteiger partial charge in [0.05, 0.1) is 10.5 Å². The van der Waals surface area contributed by atoms with E-state index >= 15 is 0 Å². The first-order chi connectivity index (χ1) is 11.7. The molecule has 140 valence electrons. The molecule has 0 radical (unpaired) electrons. The van der Waals surface area contributed by atoms with Crippen LogP contribution in [0.3, 0.4) is 0 Å². The monoisotopic (exact) mass is 369 g/mol. The summed E-state index contributed by atoms with van der Waals surface area (Å²) in [5.74, 6) is -0.757. The molecule has 0 spiro atoms. The molecule has 2 rings (SSSR count). The topological polar surface area (TPSA) is 89.9 Å². The minimum absolute atomic E-state index is 0.0662. The number of nitrogens with one attached hydrogen (secondary N) is 1. The number of hydrogen-bond donors (Lipinski definition) is 2. The van der Waals surface area contributed by atoms with E-state index in [-0.39, 0.29) is 16.5 Å². The number of aromatic carboxylic acids is 1. The molecule has 25 heavy (non-hydrogen) atoms. The zero-order valence-electron chi connectivity index (χ0n) is 15.0. The van der Waals surface area contributed by atoms with E-state index in [1.165, 1.54) is 24.3 Å². The lowest BCUT2D eigenvalue weighted by atomic mass is 10.0. The van der Waals surface area contributed by atoms with Crippen molar-refractivity contribution in [2.24, 2.45) is 5.92 Å². The maximum absolute atomic E-state index is 12.5. The summed E-state index contributed by atoms with van der Waals surface area (Å²) < 4.78 is 27.7. The van der Waals surface area contributed by atoms with Gasteiger partial charge >= 0.3 is 5.97 Å². The van der Waals surface area contributed by atoms with Gasteiger partial charge in [0.2, 0.25) is 10.0 Å². The number of benzene rings is 1. The fourth-order valence-electron chi connectivity index (χ4n) is 3.00. The van der Waals surface area contributed by atoms with Gasteiger partial charge in [-0.25, -0.2) is 17.9 Å². The molecule has 1 atom stereocenters. The first-order valence-corrected chi connectivity index (χ1v) is 9.94. The second-order valence-electron chi connectivity index (χ2n) is 6.83. The summed E-state index contributed by atoms with van der Waals surface area (Å²) in [5.41, 5.74) is 0.0662. The number of sulfonamides is 1. The van der Waals surface area contributed by atoms with E-state index in [4.69, 9.17) is 5.11 Å². The van der Waals surface area contributed by atoms with Crippen LogP contribution in [0.4, 0.5) is 0 Å². The molecular weight excluding hydrogens is 342 g/mol. The predicted octanol–water partition coefficient (Wildman–Crippen LogP) is 0.935. The minimum Gasteiger partial charge on any atom is -0.478 e. The zero-order valence-corrected chi connectivity index (χ0v) is 15.8. The van der Waals surface area contributed by atoms with Crippen LogP contribution in [-0.4, -0.2) is 75.1 Å². The molecule has 0 aromatic heterocycles. The lowest BCUT2D eigenvalue weighted by Gasteiger charge is -2.39. The molecule has 1 unspecified atom stereocenters. The van der Waals surface area contributed by atoms with Crippen LogP contribution in [0, 0.1) is 5.92 Å². The third-order valence-corrected chi connectivity index (χ3v) is 6.11. The molecule has 1 fully saturated rings. The number of piperazine rings is 1. The lowest BCUT2D eigenvalue weighted by Crippen LogP contribution is -2.54. The van der Waals surface area contributed by atoms with Crippen molar-refractivity contribution < 1.29 is 18.3 Å². The van der Waals surface area contributed by atoms with Crippen LogP contribution < -0.4 is 4.72 Å². The van der Waals surface area contributed by atoms with Crippen LogP contribution in [0.2, 0.25) is 0 Å². The Morgan fingerprint density at radius 2 is 1.72 bits per heavy atom. The molecule has 0 bridgehead atoms. The highest BCUT2D eigenvalue weighted by Gasteiger charge is 2.26. The van der Waals surface area contributed by atoms with Crippen molar-refractivity contribution in [3.05, 3.63) is 29.8 Å². The SMILES string of the molecule is CC(C)C(CNS(=O)(=O)c1ccc(C(=O)O)cc1)N1CCN(C)CC1. The van der Waals surface area contributed by atoms with E-state index in [1.54, 1.807) is 0 Å². The van der Waals surface area contributed by atoms with E-state index < -0.39 is 16.0 Å². The molecule has 1 aliphatic rings. The Kier molecular flexibility index (Phi) is 6.56. The first kappa shape index (κ1) is 19.8. The Morgan fingerprint density at radius 3 is 2.20 bits per heavy atom. The fourth-order valence-corrected chi connectivity index (χ4v) is 4.05. The quantitative estimate of drug-likeness (QED) is 0.743. The van der Waals surface area contributed by atoms with Gasteiger partial charge in [-0.15, -0.1) is 0 Å². The highest BCUT2D eigenvalue weighted by atomic mass is 32.2. The second-order valence-corrected chi connectivity index (χ2v) is 8.60. The van der Waals surface area contributed by atoms with Gasteiger partial charge in [-0.3, -0.25) is 4.90 Å². The van der Waals surface area contributed by atoms with Crippen molar-refractivity contribution in [1.29, 1.82) is 0 Å². The molecule has 0 aliphatic carbocycles. The highest BCUT2D eigenvalue weighted by Crippen LogP contribution is 2.15. The van der Waals surface area contributed by atoms with E-state index in [9.17, 15) is 13.2 Å². The Hall–Kier alpha value is -1.48. The van der Waals surface area contributed by atoms with Crippen molar-refractivity contribution in [1.82, 2.24) is 14.5 Å². The van der Waals surface area contributed by atoms with Crippen molar-refractivity contribution in [3.63, 3.8) is 0 Å². The van der Waals surface area contributed by atoms with Gasteiger partial charge in [-0.1, -0.05) is 13.8 Å². The van der Waals surface area contributed by atoms with Crippen LogP contribution >= 0.6 is 0 Å². The van der Waals surface area contributed by atoms with Gasteiger partial charge in [0.1, 0.15) is 0 Å². The van der Waals surface area contributed by atoms with Crippen LogP contribution in [-0.2, 0) is 10.0 Å². The predicted molar refractivity (Wildman–Crippen MR) is 96.3 cm³/mol. The third-order valence-electron chi connectivity index (χ3n) is 4.67. The average Bonchev–Trinajstić information content (AvgIpc) is 2.56. The third kappa shape index (κ3) is 5.24. The molecule has 0 saturated carbocycles. The van der Waals surface area contributed by atoms with E-state index in [0.29, 0.717) is 12.5 Å². The Bertz CT molecular complexity index is 680. The van der Waals surface area contributed by atoms with E-state index in [2.05, 4.69) is 35.4 Å². The van der Waals surface area contributed by atoms with Crippen molar-refractivity contribution in [2.45, 2.75) is 24.8 Å². The van der Waals surface area contributed by atoms with E-state index in [1.807, 2.05) is 0 Å². The standard InChI is InChI=1S/C17H27N3O4S/c1-13(2)16(20-10-8-19(3)9-11-20)12-18-25(23,24)15-6-4-14(5-7-15)17(21)22/h4-7,13,16,18H,8-12H2,1-3H3,(H,21,22). The number of hydrogen-bond acceptors (Lipinski definition) is 5. The summed E-state index contributed by atoms with van der Waals surface area (Å²) in [6.45, 7) is 8.34. The Morgan fingerprint density at radius 1 is 1.16 bits per heavy atom. The van der Waals surface area contributed by atoms with E-state index in [0.717, 1.165) is 26.2 Å². The highest BCUT2D eigenvalue weighted by molar-refractivity contribution is 7.89. The summed E-state index contributed by atoms with van der Waals surface area (Å²) in [5, 5.41) is 8.90. The summed E-state index contributed by atoms with van der Waals surface area (Å²) in [7, 11) is -1.57. The van der Waals surface area contributed by atoms with Gasteiger partial charge in [-0.2, -0.15) is 0 Å². The average molecular weight is 369 g/mol. The molecule has 1 heterocycles. The molecule has 1 aromatic carbocycles. The molecule has 2 N–H and O–H groups in total. The molecule has 1 aliphatic heterocycles. The van der Waals surface area contributed by atoms with Crippen LogP contribution in [0.1, 0.15) is 24.2 Å². The minimum atomic E-state index is -3.66. The Balaban J connectivity index is 2.04. The molecule has 7 nitrogen and oxygen atoms in total. The first-order valence-electron chi connectivity index (χ1n) is 8.46. The molecule has 1 aromatic rings. The number of carboxylic acid groups (broad SMARTS) is 1. The number of likely N-dealkylation sites (N-methyl/N-ethyl adjacent to an activating group) is 1. The summed E-state index contributed by atoms with van der Waals surface area (Å²) in [6.07, 6.45) is 0. The normalized spacial score (nSPS) is 18.4. The van der Waals surface area contributed by atoms with Crippen LogP contribution in [0.5, 0.6) is 0 Å². The molecule has 1 saturated heterocycles. The molecule has 0 amide bonds. The molecular formula is C17H27N3O4S. The van der Waals surface area contributed by atoms with Gasteiger partial charge in [0.15, 0.2) is 0 Å². The zero-order chi connectivity index (χ0) is 18.6.